The van der Waals surface area contributed by atoms with Crippen molar-refractivity contribution in [1.82, 2.24) is 14.9 Å². The van der Waals surface area contributed by atoms with Crippen LogP contribution in [0.1, 0.15) is 53.0 Å². The second-order valence-electron chi connectivity index (χ2n) is 8.08. The van der Waals surface area contributed by atoms with Crippen molar-refractivity contribution >= 4 is 16.7 Å². The molecule has 4 aromatic rings. The van der Waals surface area contributed by atoms with E-state index in [0.29, 0.717) is 24.6 Å². The Morgan fingerprint density at radius 2 is 2.03 bits per heavy atom. The van der Waals surface area contributed by atoms with Crippen molar-refractivity contribution in [2.24, 2.45) is 0 Å². The fourth-order valence-corrected chi connectivity index (χ4v) is 4.40. The van der Waals surface area contributed by atoms with Crippen LogP contribution in [-0.4, -0.2) is 34.4 Å². The number of pyridine rings is 1. The number of aromatic nitrogens is 2. The predicted molar refractivity (Wildman–Crippen MR) is 122 cm³/mol. The average Bonchev–Trinajstić information content (AvgIpc) is 3.31. The van der Waals surface area contributed by atoms with Crippen LogP contribution in [0.15, 0.2) is 71.4 Å². The Labute approximate surface area is 186 Å². The topological polar surface area (TPSA) is 68.5 Å². The lowest BCUT2D eigenvalue weighted by Gasteiger charge is -2.33. The number of likely N-dealkylation sites (tertiary alicyclic amines) is 1. The number of rotatable bonds is 5. The molecule has 1 atom stereocenters. The number of nitrogens with zero attached hydrogens (tertiary/aromatic N) is 3. The van der Waals surface area contributed by atoms with E-state index < -0.39 is 0 Å². The molecule has 1 fully saturated rings. The van der Waals surface area contributed by atoms with Crippen LogP contribution in [0, 0.1) is 0 Å². The third-order valence-corrected chi connectivity index (χ3v) is 6.01. The molecule has 162 valence electrons. The molecular formula is C26H25N3O3. The molecule has 0 N–H and O–H groups in total. The van der Waals surface area contributed by atoms with Crippen molar-refractivity contribution in [2.75, 3.05) is 13.7 Å². The van der Waals surface area contributed by atoms with Crippen molar-refractivity contribution in [3.05, 3.63) is 89.9 Å². The highest BCUT2D eigenvalue weighted by atomic mass is 16.5. The minimum atomic E-state index is -0.184. The summed E-state index contributed by atoms with van der Waals surface area (Å²) in [4.78, 5) is 24.4. The summed E-state index contributed by atoms with van der Waals surface area (Å²) >= 11 is 0. The molecule has 0 radical (unpaired) electrons. The maximum Gasteiger partial charge on any atom is 0.273 e. The third kappa shape index (κ3) is 3.96. The van der Waals surface area contributed by atoms with E-state index in [4.69, 9.17) is 9.15 Å². The Kier molecular flexibility index (Phi) is 5.58. The lowest BCUT2D eigenvalue weighted by atomic mass is 10.0. The molecule has 1 amide bonds. The Bertz CT molecular complexity index is 1240. The largest absolute Gasteiger partial charge is 0.497 e. The van der Waals surface area contributed by atoms with E-state index in [9.17, 15) is 4.79 Å². The molecule has 3 heterocycles. The molecule has 6 nitrogen and oxygen atoms in total. The van der Waals surface area contributed by atoms with Gasteiger partial charge in [0.1, 0.15) is 23.2 Å². The van der Waals surface area contributed by atoms with Gasteiger partial charge >= 0.3 is 0 Å². The third-order valence-electron chi connectivity index (χ3n) is 6.01. The van der Waals surface area contributed by atoms with Crippen LogP contribution >= 0.6 is 0 Å². The van der Waals surface area contributed by atoms with E-state index in [1.165, 1.54) is 0 Å². The summed E-state index contributed by atoms with van der Waals surface area (Å²) in [5.74, 6) is 2.11. The molecule has 1 saturated heterocycles. The highest BCUT2D eigenvalue weighted by molar-refractivity contribution is 6.05. The lowest BCUT2D eigenvalue weighted by Crippen LogP contribution is -2.39. The van der Waals surface area contributed by atoms with Gasteiger partial charge in [0.05, 0.1) is 13.3 Å². The molecule has 0 aliphatic carbocycles. The maximum atomic E-state index is 13.5. The molecule has 0 spiro atoms. The molecule has 2 aromatic heterocycles. The number of hydrogen-bond donors (Lipinski definition) is 0. The van der Waals surface area contributed by atoms with E-state index >= 15 is 0 Å². The Morgan fingerprint density at radius 3 is 2.94 bits per heavy atom. The summed E-state index contributed by atoms with van der Waals surface area (Å²) in [7, 11) is 1.66. The normalized spacial score (nSPS) is 16.3. The van der Waals surface area contributed by atoms with Crippen LogP contribution in [0.25, 0.3) is 10.8 Å². The zero-order valence-electron chi connectivity index (χ0n) is 18.0. The first-order chi connectivity index (χ1) is 15.7. The van der Waals surface area contributed by atoms with Gasteiger partial charge in [0.15, 0.2) is 0 Å². The minimum Gasteiger partial charge on any atom is -0.497 e. The van der Waals surface area contributed by atoms with E-state index in [1.807, 2.05) is 59.5 Å². The van der Waals surface area contributed by atoms with E-state index in [2.05, 4.69) is 9.97 Å². The van der Waals surface area contributed by atoms with Crippen molar-refractivity contribution in [3.63, 3.8) is 0 Å². The number of carbonyl (C=O) groups excluding carboxylic acids is 1. The summed E-state index contributed by atoms with van der Waals surface area (Å²) in [6, 6.07) is 17.5. The molecule has 0 bridgehead atoms. The SMILES string of the molecule is COc1cccc(Cc2cnc(C3CCCCN3C(=O)c3nccc4ccccc34)o2)c1. The van der Waals surface area contributed by atoms with Gasteiger partial charge in [-0.15, -0.1) is 0 Å². The number of ether oxygens (including phenoxy) is 1. The molecule has 1 aliphatic heterocycles. The number of methoxy groups -OCH3 is 1. The summed E-state index contributed by atoms with van der Waals surface area (Å²) in [6.07, 6.45) is 6.91. The first kappa shape index (κ1) is 20.2. The van der Waals surface area contributed by atoms with E-state index in [-0.39, 0.29) is 11.9 Å². The molecule has 0 saturated carbocycles. The van der Waals surface area contributed by atoms with Crippen molar-refractivity contribution in [2.45, 2.75) is 31.7 Å². The van der Waals surface area contributed by atoms with Crippen LogP contribution in [0.4, 0.5) is 0 Å². The van der Waals surface area contributed by atoms with E-state index in [1.54, 1.807) is 19.5 Å². The Balaban J connectivity index is 1.41. The van der Waals surface area contributed by atoms with E-state index in [0.717, 1.165) is 47.1 Å². The van der Waals surface area contributed by atoms with Gasteiger partial charge in [-0.25, -0.2) is 4.98 Å². The fourth-order valence-electron chi connectivity index (χ4n) is 4.40. The molecule has 5 rings (SSSR count). The van der Waals surface area contributed by atoms with Crippen LogP contribution in [-0.2, 0) is 6.42 Å². The minimum absolute atomic E-state index is 0.0703. The van der Waals surface area contributed by atoms with Gasteiger partial charge in [-0.05, 0) is 48.4 Å². The van der Waals surface area contributed by atoms with Gasteiger partial charge in [0.25, 0.3) is 5.91 Å². The van der Waals surface area contributed by atoms with Crippen molar-refractivity contribution < 1.29 is 13.9 Å². The standard InChI is InChI=1S/C26H25N3O3/c1-31-20-9-6-7-18(15-20)16-21-17-28-25(32-21)23-11-4-5-14-29(23)26(30)24-22-10-3-2-8-19(22)12-13-27-24/h2-3,6-10,12-13,15,17,23H,4-5,11,14,16H2,1H3. The van der Waals surface area contributed by atoms with Crippen LogP contribution in [0.2, 0.25) is 0 Å². The second-order valence-corrected chi connectivity index (χ2v) is 8.08. The van der Waals surface area contributed by atoms with Crippen LogP contribution in [0.3, 0.4) is 0 Å². The fraction of sp³-hybridized carbons (Fsp3) is 0.269. The number of fused-ring (bicyclic) bond motifs is 1. The Hall–Kier alpha value is -3.67. The smallest absolute Gasteiger partial charge is 0.273 e. The first-order valence-corrected chi connectivity index (χ1v) is 10.9. The second kappa shape index (κ2) is 8.83. The van der Waals surface area contributed by atoms with Crippen LogP contribution in [0.5, 0.6) is 5.75 Å². The number of amides is 1. The Morgan fingerprint density at radius 1 is 1.12 bits per heavy atom. The maximum absolute atomic E-state index is 13.5. The van der Waals surface area contributed by atoms with Gasteiger partial charge in [0, 0.05) is 24.5 Å². The van der Waals surface area contributed by atoms with Gasteiger partial charge in [-0.1, -0.05) is 36.4 Å². The summed E-state index contributed by atoms with van der Waals surface area (Å²) in [6.45, 7) is 0.669. The number of carbonyl (C=O) groups is 1. The summed E-state index contributed by atoms with van der Waals surface area (Å²) in [5.41, 5.74) is 1.57. The monoisotopic (exact) mass is 427 g/mol. The average molecular weight is 428 g/mol. The molecule has 32 heavy (non-hydrogen) atoms. The number of piperidine rings is 1. The number of benzene rings is 2. The van der Waals surface area contributed by atoms with Crippen LogP contribution < -0.4 is 4.74 Å². The summed E-state index contributed by atoms with van der Waals surface area (Å²) < 4.78 is 11.4. The molecule has 1 aliphatic rings. The number of oxazole rings is 1. The zero-order chi connectivity index (χ0) is 21.9. The van der Waals surface area contributed by atoms with Crippen molar-refractivity contribution in [3.8, 4) is 5.75 Å². The highest BCUT2D eigenvalue weighted by Crippen LogP contribution is 2.33. The zero-order valence-corrected chi connectivity index (χ0v) is 18.0. The highest BCUT2D eigenvalue weighted by Gasteiger charge is 2.33. The molecule has 6 heteroatoms. The molecular weight excluding hydrogens is 402 g/mol. The van der Waals surface area contributed by atoms with Gasteiger partial charge in [-0.3, -0.25) is 9.78 Å². The van der Waals surface area contributed by atoms with Gasteiger partial charge in [0.2, 0.25) is 5.89 Å². The predicted octanol–water partition coefficient (Wildman–Crippen LogP) is 5.19. The first-order valence-electron chi connectivity index (χ1n) is 10.9. The van der Waals surface area contributed by atoms with Gasteiger partial charge in [-0.2, -0.15) is 0 Å². The summed E-state index contributed by atoms with van der Waals surface area (Å²) in [5, 5.41) is 1.88. The molecule has 2 aromatic carbocycles. The molecule has 1 unspecified atom stereocenters. The quantitative estimate of drug-likeness (QED) is 0.438. The number of hydrogen-bond acceptors (Lipinski definition) is 5. The lowest BCUT2D eigenvalue weighted by molar-refractivity contribution is 0.0566. The van der Waals surface area contributed by atoms with Gasteiger partial charge < -0.3 is 14.1 Å². The van der Waals surface area contributed by atoms with Crippen molar-refractivity contribution in [1.29, 1.82) is 0 Å².